The van der Waals surface area contributed by atoms with Gasteiger partial charge in [-0.05, 0) is 48.4 Å². The van der Waals surface area contributed by atoms with Crippen molar-refractivity contribution in [3.05, 3.63) is 24.4 Å². The van der Waals surface area contributed by atoms with Crippen molar-refractivity contribution >= 4 is 66.8 Å². The molecule has 0 aliphatic heterocycles. The van der Waals surface area contributed by atoms with Crippen LogP contribution in [-0.2, 0) is 9.53 Å². The minimum Gasteiger partial charge on any atom is -0.465 e. The molecule has 0 aromatic carbocycles. The normalized spacial score (nSPS) is 12.6. The van der Waals surface area contributed by atoms with E-state index in [0.29, 0.717) is 18.8 Å². The highest BCUT2D eigenvalue weighted by molar-refractivity contribution is 8.76. The van der Waals surface area contributed by atoms with Crippen molar-refractivity contribution in [1.29, 1.82) is 5.26 Å². The molecule has 1 atom stereocenters. The number of carbonyl (C=O) groups is 1. The van der Waals surface area contributed by atoms with Gasteiger partial charge in [0.05, 0.1) is 6.07 Å². The Hall–Kier alpha value is -0.400. The molecule has 4 nitrogen and oxygen atoms in total. The van der Waals surface area contributed by atoms with Gasteiger partial charge in [-0.3, -0.25) is 4.79 Å². The number of thioether (sulfide) groups is 2. The zero-order chi connectivity index (χ0) is 25.6. The number of hydrogen-bond donors (Lipinski definition) is 0. The Morgan fingerprint density at radius 1 is 1.09 bits per heavy atom. The molecule has 1 aromatic rings. The molecular weight excluding hydrogens is 533 g/mol. The van der Waals surface area contributed by atoms with E-state index in [4.69, 9.17) is 17.0 Å². The number of hydrogen-bond acceptors (Lipinski definition) is 9. The van der Waals surface area contributed by atoms with Gasteiger partial charge < -0.3 is 4.74 Å². The summed E-state index contributed by atoms with van der Waals surface area (Å²) in [6.07, 6.45) is 15.6. The van der Waals surface area contributed by atoms with Crippen LogP contribution in [0.25, 0.3) is 0 Å². The molecule has 0 fully saturated rings. The first-order valence-corrected chi connectivity index (χ1v) is 17.1. The van der Waals surface area contributed by atoms with Crippen molar-refractivity contribution in [1.82, 2.24) is 4.98 Å². The highest BCUT2D eigenvalue weighted by atomic mass is 33.1. The summed E-state index contributed by atoms with van der Waals surface area (Å²) in [6.45, 7) is 4.47. The van der Waals surface area contributed by atoms with Crippen molar-refractivity contribution in [2.24, 2.45) is 0 Å². The van der Waals surface area contributed by atoms with Crippen molar-refractivity contribution < 1.29 is 9.53 Å². The maximum atomic E-state index is 12.1. The molecule has 1 heterocycles. The maximum Gasteiger partial charge on any atom is 0.305 e. The van der Waals surface area contributed by atoms with Crippen molar-refractivity contribution in [3.63, 3.8) is 0 Å². The van der Waals surface area contributed by atoms with E-state index < -0.39 is 4.75 Å². The molecule has 1 aromatic heterocycles. The van der Waals surface area contributed by atoms with Gasteiger partial charge >= 0.3 is 5.97 Å². The summed E-state index contributed by atoms with van der Waals surface area (Å²) in [5.74, 6) is 1.43. The van der Waals surface area contributed by atoms with Gasteiger partial charge in [-0.1, -0.05) is 106 Å². The Morgan fingerprint density at radius 2 is 1.77 bits per heavy atom. The molecule has 1 rings (SSSR count). The first-order valence-electron chi connectivity index (χ1n) is 12.6. The minimum atomic E-state index is -0.704. The smallest absolute Gasteiger partial charge is 0.305 e. The highest BCUT2D eigenvalue weighted by Gasteiger charge is 2.28. The van der Waals surface area contributed by atoms with Crippen LogP contribution in [0.4, 0.5) is 0 Å². The molecule has 0 aliphatic carbocycles. The van der Waals surface area contributed by atoms with Crippen LogP contribution in [-0.4, -0.2) is 37.3 Å². The minimum absolute atomic E-state index is 0.223. The highest BCUT2D eigenvalue weighted by Crippen LogP contribution is 2.35. The number of pyridine rings is 1. The molecule has 0 radical (unpaired) electrons. The van der Waals surface area contributed by atoms with E-state index >= 15 is 0 Å². The fraction of sp³-hybridized carbons (Fsp3) is 0.692. The lowest BCUT2D eigenvalue weighted by atomic mass is 10.1. The average Bonchev–Trinajstić information content (AvgIpc) is 2.86. The monoisotopic (exact) mass is 572 g/mol. The second-order valence-electron chi connectivity index (χ2n) is 8.52. The molecule has 0 saturated carbocycles. The number of thiocarbonyl (C=S) groups is 1. The summed E-state index contributed by atoms with van der Waals surface area (Å²) in [5, 5.41) is 10.6. The van der Waals surface area contributed by atoms with Crippen LogP contribution >= 0.6 is 57.3 Å². The summed E-state index contributed by atoms with van der Waals surface area (Å²) in [5.41, 5.74) is 0. The molecule has 0 saturated heterocycles. The van der Waals surface area contributed by atoms with Crippen LogP contribution in [0.3, 0.4) is 0 Å². The Bertz CT molecular complexity index is 745. The van der Waals surface area contributed by atoms with E-state index in [1.807, 2.05) is 25.1 Å². The Morgan fingerprint density at radius 3 is 2.40 bits per heavy atom. The second kappa shape index (κ2) is 21.7. The summed E-state index contributed by atoms with van der Waals surface area (Å²) in [6, 6.07) is 8.12. The quantitative estimate of drug-likeness (QED) is 0.0658. The van der Waals surface area contributed by atoms with Crippen LogP contribution in [0.1, 0.15) is 90.9 Å². The number of ether oxygens (including phenoxy) is 1. The van der Waals surface area contributed by atoms with Gasteiger partial charge in [0.25, 0.3) is 0 Å². The SMILES string of the molecule is CCCCCCCCCCCCSC(=S)S[C@](C)(C#N)CCC(=O)OCCSSc1ccccn1. The largest absolute Gasteiger partial charge is 0.465 e. The van der Waals surface area contributed by atoms with Crippen LogP contribution in [0.2, 0.25) is 0 Å². The topological polar surface area (TPSA) is 63.0 Å². The zero-order valence-electron chi connectivity index (χ0n) is 21.2. The van der Waals surface area contributed by atoms with Crippen LogP contribution in [0.15, 0.2) is 29.4 Å². The lowest BCUT2D eigenvalue weighted by Crippen LogP contribution is -2.21. The lowest BCUT2D eigenvalue weighted by Gasteiger charge is -2.20. The molecule has 0 aliphatic rings. The second-order valence-corrected chi connectivity index (χ2v) is 14.8. The molecule has 35 heavy (non-hydrogen) atoms. The third-order valence-electron chi connectivity index (χ3n) is 5.28. The molecule has 196 valence electrons. The lowest BCUT2D eigenvalue weighted by molar-refractivity contribution is -0.143. The summed E-state index contributed by atoms with van der Waals surface area (Å²) in [7, 11) is 3.17. The van der Waals surface area contributed by atoms with Gasteiger partial charge in [-0.2, -0.15) is 5.26 Å². The molecule has 0 N–H and O–H groups in total. The molecule has 0 amide bonds. The van der Waals surface area contributed by atoms with Gasteiger partial charge in [0.2, 0.25) is 0 Å². The van der Waals surface area contributed by atoms with Crippen LogP contribution in [0, 0.1) is 11.3 Å². The van der Waals surface area contributed by atoms with Gasteiger partial charge in [-0.15, -0.1) is 11.8 Å². The predicted octanol–water partition coefficient (Wildman–Crippen LogP) is 9.10. The predicted molar refractivity (Wildman–Crippen MR) is 161 cm³/mol. The van der Waals surface area contributed by atoms with Gasteiger partial charge in [0, 0.05) is 18.4 Å². The maximum absolute atomic E-state index is 12.1. The average molecular weight is 573 g/mol. The Balaban J connectivity index is 2.07. The fourth-order valence-corrected chi connectivity index (χ4v) is 7.87. The third kappa shape index (κ3) is 18.5. The number of esters is 1. The number of carbonyl (C=O) groups excluding carboxylic acids is 1. The van der Waals surface area contributed by atoms with Crippen molar-refractivity contribution in [2.75, 3.05) is 18.1 Å². The standard InChI is InChI=1S/C26H40N2O2S5/c1-3-4-5-6-7-8-9-10-11-14-20-32-25(31)34-26(2,22-27)17-16-24(29)30-19-21-33-35-23-15-12-13-18-28-23/h12-13,15,18H,3-11,14,16-17,19-21H2,1-2H3/t26-/m0/s1. The van der Waals surface area contributed by atoms with Gasteiger partial charge in [0.15, 0.2) is 0 Å². The van der Waals surface area contributed by atoms with E-state index in [1.54, 1.807) is 39.5 Å². The summed E-state index contributed by atoms with van der Waals surface area (Å²) < 4.78 is 5.41. The first-order chi connectivity index (χ1) is 17.0. The number of unbranched alkanes of at least 4 members (excludes halogenated alkanes) is 9. The van der Waals surface area contributed by atoms with Crippen LogP contribution < -0.4 is 0 Å². The summed E-state index contributed by atoms with van der Waals surface area (Å²) >= 11 is 8.58. The van der Waals surface area contributed by atoms with Crippen LogP contribution in [0.5, 0.6) is 0 Å². The molecule has 0 unspecified atom stereocenters. The van der Waals surface area contributed by atoms with E-state index in [9.17, 15) is 10.1 Å². The van der Waals surface area contributed by atoms with E-state index in [1.165, 1.54) is 69.5 Å². The van der Waals surface area contributed by atoms with Crippen molar-refractivity contribution in [2.45, 2.75) is 101 Å². The molecular formula is C26H40N2O2S5. The van der Waals surface area contributed by atoms with E-state index in [-0.39, 0.29) is 12.4 Å². The van der Waals surface area contributed by atoms with Crippen molar-refractivity contribution in [3.8, 4) is 6.07 Å². The number of aromatic nitrogens is 1. The third-order valence-corrected chi connectivity index (χ3v) is 10.4. The zero-order valence-corrected chi connectivity index (χ0v) is 25.3. The molecule has 0 bridgehead atoms. The first kappa shape index (κ1) is 32.6. The number of nitriles is 1. The van der Waals surface area contributed by atoms with Gasteiger partial charge in [0.1, 0.15) is 19.9 Å². The Kier molecular flexibility index (Phi) is 20.2. The Labute approximate surface area is 234 Å². The molecule has 0 spiro atoms. The number of rotatable bonds is 20. The van der Waals surface area contributed by atoms with E-state index in [0.717, 1.165) is 20.7 Å². The van der Waals surface area contributed by atoms with E-state index in [2.05, 4.69) is 18.0 Å². The van der Waals surface area contributed by atoms with Gasteiger partial charge in [-0.25, -0.2) is 4.98 Å². The number of nitrogens with zero attached hydrogens (tertiary/aromatic N) is 2. The fourth-order valence-electron chi connectivity index (χ4n) is 3.19. The molecule has 9 heteroatoms. The summed E-state index contributed by atoms with van der Waals surface area (Å²) in [4.78, 5) is 16.3.